The molecule has 0 aliphatic rings. The van der Waals surface area contributed by atoms with Crippen molar-refractivity contribution < 1.29 is 0 Å². The van der Waals surface area contributed by atoms with Gasteiger partial charge in [0.15, 0.2) is 5.96 Å². The van der Waals surface area contributed by atoms with Crippen LogP contribution in [0.1, 0.15) is 26.0 Å². The third-order valence-electron chi connectivity index (χ3n) is 3.36. The van der Waals surface area contributed by atoms with Crippen LogP contribution < -0.4 is 11.1 Å². The molecule has 21 heavy (non-hydrogen) atoms. The zero-order chi connectivity index (χ0) is 15.7. The first-order valence-corrected chi connectivity index (χ1v) is 7.59. The van der Waals surface area contributed by atoms with Crippen LogP contribution in [-0.2, 0) is 6.42 Å². The Morgan fingerprint density at radius 1 is 1.38 bits per heavy atom. The number of likely N-dealkylation sites (N-methyl/N-ethyl adjacent to an activating group) is 1. The van der Waals surface area contributed by atoms with Crippen molar-refractivity contribution in [1.29, 1.82) is 0 Å². The number of hydrogen-bond acceptors (Lipinski definition) is 3. The molecule has 1 aromatic heterocycles. The second-order valence-electron chi connectivity index (χ2n) is 5.97. The summed E-state index contributed by atoms with van der Waals surface area (Å²) in [6.07, 6.45) is 3.78. The van der Waals surface area contributed by atoms with Crippen LogP contribution in [0.4, 0.5) is 0 Å². The molecule has 0 spiro atoms. The molecule has 1 atom stereocenters. The maximum Gasteiger partial charge on any atom is 0.188 e. The molecule has 1 rings (SSSR count). The van der Waals surface area contributed by atoms with Crippen LogP contribution in [0.15, 0.2) is 29.4 Å². The average molecular weight is 291 g/mol. The highest BCUT2D eigenvalue weighted by atomic mass is 15.1. The van der Waals surface area contributed by atoms with E-state index in [0.29, 0.717) is 17.9 Å². The van der Waals surface area contributed by atoms with Gasteiger partial charge in [-0.1, -0.05) is 19.9 Å². The molecule has 0 radical (unpaired) electrons. The Balaban J connectivity index is 2.34. The number of pyridine rings is 1. The van der Waals surface area contributed by atoms with E-state index in [2.05, 4.69) is 48.1 Å². The highest BCUT2D eigenvalue weighted by molar-refractivity contribution is 5.77. The summed E-state index contributed by atoms with van der Waals surface area (Å²) in [5.74, 6) is 1.17. The molecule has 0 aliphatic heterocycles. The van der Waals surface area contributed by atoms with Crippen molar-refractivity contribution in [3.05, 3.63) is 30.1 Å². The fourth-order valence-corrected chi connectivity index (χ4v) is 2.12. The molecule has 1 aromatic rings. The van der Waals surface area contributed by atoms with Crippen molar-refractivity contribution in [3.63, 3.8) is 0 Å². The van der Waals surface area contributed by atoms with Crippen molar-refractivity contribution in [1.82, 2.24) is 15.2 Å². The second-order valence-corrected chi connectivity index (χ2v) is 5.97. The van der Waals surface area contributed by atoms with E-state index in [-0.39, 0.29) is 0 Å². The summed E-state index contributed by atoms with van der Waals surface area (Å²) in [4.78, 5) is 10.9. The largest absolute Gasteiger partial charge is 0.370 e. The highest BCUT2D eigenvalue weighted by Crippen LogP contribution is 2.09. The Morgan fingerprint density at radius 2 is 2.14 bits per heavy atom. The number of nitrogens with zero attached hydrogens (tertiary/aromatic N) is 3. The first-order valence-electron chi connectivity index (χ1n) is 7.59. The van der Waals surface area contributed by atoms with Gasteiger partial charge < -0.3 is 16.0 Å². The van der Waals surface area contributed by atoms with E-state index in [0.717, 1.165) is 31.6 Å². The molecule has 0 aromatic carbocycles. The molecule has 118 valence electrons. The third-order valence-corrected chi connectivity index (χ3v) is 3.36. The second kappa shape index (κ2) is 9.34. The van der Waals surface area contributed by atoms with Crippen LogP contribution in [0, 0.1) is 5.92 Å². The van der Waals surface area contributed by atoms with Crippen LogP contribution in [0.5, 0.6) is 0 Å². The Labute approximate surface area is 128 Å². The predicted octanol–water partition coefficient (Wildman–Crippen LogP) is 1.50. The molecule has 0 saturated heterocycles. The standard InChI is InChI=1S/C16H29N5/c1-13(2)11-15(21(3)4)12-20-16(17)19-10-8-14-7-5-6-9-18-14/h5-7,9,13,15H,8,10-12H2,1-4H3,(H3,17,19,20). The average Bonchev–Trinajstić information content (AvgIpc) is 2.44. The number of nitrogens with two attached hydrogens (primary N) is 1. The summed E-state index contributed by atoms with van der Waals surface area (Å²) in [6, 6.07) is 6.36. The summed E-state index contributed by atoms with van der Waals surface area (Å²) in [5.41, 5.74) is 6.98. The quantitative estimate of drug-likeness (QED) is 0.563. The molecule has 1 unspecified atom stereocenters. The predicted molar refractivity (Wildman–Crippen MR) is 89.4 cm³/mol. The lowest BCUT2D eigenvalue weighted by molar-refractivity contribution is 0.261. The molecule has 0 saturated carbocycles. The summed E-state index contributed by atoms with van der Waals surface area (Å²) >= 11 is 0. The van der Waals surface area contributed by atoms with E-state index in [1.165, 1.54) is 0 Å². The van der Waals surface area contributed by atoms with Gasteiger partial charge in [-0.15, -0.1) is 0 Å². The van der Waals surface area contributed by atoms with E-state index in [1.807, 2.05) is 18.2 Å². The van der Waals surface area contributed by atoms with Crippen LogP contribution in [0.25, 0.3) is 0 Å². The minimum atomic E-state index is 0.432. The monoisotopic (exact) mass is 291 g/mol. The molecule has 5 nitrogen and oxygen atoms in total. The van der Waals surface area contributed by atoms with E-state index in [4.69, 9.17) is 5.73 Å². The Morgan fingerprint density at radius 3 is 2.71 bits per heavy atom. The molecular weight excluding hydrogens is 262 g/mol. The third kappa shape index (κ3) is 7.66. The molecular formula is C16H29N5. The molecule has 5 heteroatoms. The van der Waals surface area contributed by atoms with Gasteiger partial charge >= 0.3 is 0 Å². The van der Waals surface area contributed by atoms with Gasteiger partial charge in [0.1, 0.15) is 0 Å². The van der Waals surface area contributed by atoms with E-state index >= 15 is 0 Å². The molecule has 0 fully saturated rings. The zero-order valence-corrected chi connectivity index (χ0v) is 13.7. The van der Waals surface area contributed by atoms with E-state index in [9.17, 15) is 0 Å². The lowest BCUT2D eigenvalue weighted by Crippen LogP contribution is -2.37. The summed E-state index contributed by atoms with van der Waals surface area (Å²) in [7, 11) is 4.18. The lowest BCUT2D eigenvalue weighted by Gasteiger charge is -2.24. The minimum Gasteiger partial charge on any atom is -0.370 e. The summed E-state index contributed by atoms with van der Waals surface area (Å²) in [6.45, 7) is 5.94. The maximum absolute atomic E-state index is 5.92. The van der Waals surface area contributed by atoms with Gasteiger partial charge in [0.2, 0.25) is 0 Å². The maximum atomic E-state index is 5.92. The first-order chi connectivity index (χ1) is 9.99. The van der Waals surface area contributed by atoms with Crippen molar-refractivity contribution in [2.45, 2.75) is 32.7 Å². The first kappa shape index (κ1) is 17.4. The number of aromatic nitrogens is 1. The fraction of sp³-hybridized carbons (Fsp3) is 0.625. The SMILES string of the molecule is CC(C)CC(CN=C(N)NCCc1ccccn1)N(C)C. The Hall–Kier alpha value is -1.62. The van der Waals surface area contributed by atoms with Gasteiger partial charge in [-0.3, -0.25) is 9.98 Å². The highest BCUT2D eigenvalue weighted by Gasteiger charge is 2.12. The zero-order valence-electron chi connectivity index (χ0n) is 13.7. The van der Waals surface area contributed by atoms with Gasteiger partial charge in [-0.2, -0.15) is 0 Å². The molecule has 1 heterocycles. The minimum absolute atomic E-state index is 0.432. The normalized spacial score (nSPS) is 13.7. The lowest BCUT2D eigenvalue weighted by atomic mass is 10.0. The number of aliphatic imine (C=N–C) groups is 1. The van der Waals surface area contributed by atoms with Crippen LogP contribution in [0.2, 0.25) is 0 Å². The van der Waals surface area contributed by atoms with Crippen molar-refractivity contribution in [2.24, 2.45) is 16.6 Å². The van der Waals surface area contributed by atoms with E-state index in [1.54, 1.807) is 6.20 Å². The van der Waals surface area contributed by atoms with Gasteiger partial charge in [0.25, 0.3) is 0 Å². The van der Waals surface area contributed by atoms with Gasteiger partial charge in [-0.25, -0.2) is 0 Å². The summed E-state index contributed by atoms with van der Waals surface area (Å²) in [5, 5.41) is 3.15. The van der Waals surface area contributed by atoms with Crippen LogP contribution >= 0.6 is 0 Å². The topological polar surface area (TPSA) is 66.5 Å². The molecule has 3 N–H and O–H groups in total. The fourth-order valence-electron chi connectivity index (χ4n) is 2.12. The van der Waals surface area contributed by atoms with E-state index < -0.39 is 0 Å². The molecule has 0 aliphatic carbocycles. The van der Waals surface area contributed by atoms with Gasteiger partial charge in [0, 0.05) is 30.9 Å². The smallest absolute Gasteiger partial charge is 0.188 e. The number of rotatable bonds is 8. The number of guanidine groups is 1. The summed E-state index contributed by atoms with van der Waals surface area (Å²) < 4.78 is 0. The van der Waals surface area contributed by atoms with Crippen molar-refractivity contribution >= 4 is 5.96 Å². The van der Waals surface area contributed by atoms with Crippen LogP contribution in [-0.4, -0.2) is 49.1 Å². The number of nitrogens with one attached hydrogen (secondary N) is 1. The number of hydrogen-bond donors (Lipinski definition) is 2. The van der Waals surface area contributed by atoms with Crippen LogP contribution in [0.3, 0.4) is 0 Å². The van der Waals surface area contributed by atoms with Gasteiger partial charge in [-0.05, 0) is 38.6 Å². The van der Waals surface area contributed by atoms with Gasteiger partial charge in [0.05, 0.1) is 6.54 Å². The molecule has 0 bridgehead atoms. The Kier molecular flexibility index (Phi) is 7.75. The molecule has 0 amide bonds. The Bertz CT molecular complexity index is 414. The van der Waals surface area contributed by atoms with Crippen molar-refractivity contribution in [3.8, 4) is 0 Å². The van der Waals surface area contributed by atoms with Crippen molar-refractivity contribution in [2.75, 3.05) is 27.2 Å².